The highest BCUT2D eigenvalue weighted by atomic mass is 35.5. The molecule has 0 amide bonds. The molecule has 0 aliphatic rings. The Bertz CT molecular complexity index is 503. The van der Waals surface area contributed by atoms with E-state index in [4.69, 9.17) is 5.73 Å². The molecule has 2 atom stereocenters. The molecule has 23 heavy (non-hydrogen) atoms. The van der Waals surface area contributed by atoms with Crippen LogP contribution in [0.2, 0.25) is 0 Å². The zero-order chi connectivity index (χ0) is 17.1. The first-order valence-corrected chi connectivity index (χ1v) is 6.70. The van der Waals surface area contributed by atoms with Crippen LogP contribution < -0.4 is 5.73 Å². The molecule has 0 saturated heterocycles. The van der Waals surface area contributed by atoms with Crippen molar-refractivity contribution >= 4 is 12.4 Å². The van der Waals surface area contributed by atoms with Crippen molar-refractivity contribution in [2.24, 2.45) is 5.73 Å². The third-order valence-electron chi connectivity index (χ3n) is 3.31. The van der Waals surface area contributed by atoms with Crippen molar-refractivity contribution in [3.63, 3.8) is 0 Å². The fourth-order valence-corrected chi connectivity index (χ4v) is 2.07. The Labute approximate surface area is 136 Å². The maximum atomic E-state index is 13.0. The second-order valence-corrected chi connectivity index (χ2v) is 5.03. The number of hydrogen-bond donors (Lipinski definition) is 2. The monoisotopic (exact) mass is 365 g/mol. The Morgan fingerprint density at radius 2 is 1.65 bits per heavy atom. The van der Waals surface area contributed by atoms with Gasteiger partial charge in [0.15, 0.2) is 0 Å². The molecular weight excluding hydrogens is 348 g/mol. The van der Waals surface area contributed by atoms with Gasteiger partial charge in [-0.2, -0.15) is 26.3 Å². The van der Waals surface area contributed by atoms with E-state index in [1.807, 2.05) is 6.92 Å². The molecule has 0 bridgehead atoms. The van der Waals surface area contributed by atoms with Crippen LogP contribution in [0.5, 0.6) is 0 Å². The van der Waals surface area contributed by atoms with Crippen LogP contribution in [0.4, 0.5) is 26.3 Å². The first-order valence-electron chi connectivity index (χ1n) is 6.70. The molecule has 0 aliphatic carbocycles. The van der Waals surface area contributed by atoms with Gasteiger partial charge in [-0.05, 0) is 24.1 Å². The summed E-state index contributed by atoms with van der Waals surface area (Å²) in [5.74, 6) is 0. The van der Waals surface area contributed by atoms with Crippen LogP contribution in [0.15, 0.2) is 18.2 Å². The van der Waals surface area contributed by atoms with Crippen LogP contribution in [0.25, 0.3) is 0 Å². The lowest BCUT2D eigenvalue weighted by Gasteiger charge is -2.23. The first kappa shape index (κ1) is 22.0. The lowest BCUT2D eigenvalue weighted by atomic mass is 9.92. The highest BCUT2D eigenvalue weighted by Gasteiger charge is 2.39. The summed E-state index contributed by atoms with van der Waals surface area (Å²) in [4.78, 5) is 0. The zero-order valence-electron chi connectivity index (χ0n) is 12.2. The van der Waals surface area contributed by atoms with Crippen molar-refractivity contribution in [1.82, 2.24) is 0 Å². The van der Waals surface area contributed by atoms with Crippen LogP contribution in [0.1, 0.15) is 48.9 Å². The first-order chi connectivity index (χ1) is 9.98. The molecule has 0 heterocycles. The maximum Gasteiger partial charge on any atom is 0.416 e. The number of aliphatic hydroxyl groups excluding tert-OH is 1. The summed E-state index contributed by atoms with van der Waals surface area (Å²) >= 11 is 0. The van der Waals surface area contributed by atoms with Crippen LogP contribution in [0.3, 0.4) is 0 Å². The number of hydrogen-bond acceptors (Lipinski definition) is 2. The molecule has 0 aliphatic heterocycles. The van der Waals surface area contributed by atoms with Crippen molar-refractivity contribution < 1.29 is 31.4 Å². The van der Waals surface area contributed by atoms with Gasteiger partial charge >= 0.3 is 12.4 Å². The molecule has 0 saturated carbocycles. The predicted octanol–water partition coefficient (Wildman–Crippen LogP) is 4.70. The van der Waals surface area contributed by atoms with Gasteiger partial charge in [0.1, 0.15) is 0 Å². The van der Waals surface area contributed by atoms with Gasteiger partial charge in [0, 0.05) is 0 Å². The molecule has 0 radical (unpaired) electrons. The van der Waals surface area contributed by atoms with E-state index < -0.39 is 41.2 Å². The third kappa shape index (κ3) is 5.86. The minimum Gasteiger partial charge on any atom is -0.391 e. The number of alkyl halides is 6. The number of nitrogens with two attached hydrogens (primary N) is 1. The van der Waals surface area contributed by atoms with Gasteiger partial charge in [-0.15, -0.1) is 12.4 Å². The Hall–Kier alpha value is -0.990. The number of benzene rings is 1. The minimum absolute atomic E-state index is 0. The van der Waals surface area contributed by atoms with E-state index >= 15 is 0 Å². The highest BCUT2D eigenvalue weighted by molar-refractivity contribution is 5.85. The lowest BCUT2D eigenvalue weighted by molar-refractivity contribution is -0.143. The van der Waals surface area contributed by atoms with Crippen molar-refractivity contribution in [2.75, 3.05) is 0 Å². The second kappa shape index (κ2) is 8.21. The fraction of sp³-hybridized carbons (Fsp3) is 0.571. The summed E-state index contributed by atoms with van der Waals surface area (Å²) in [5, 5.41) is 9.81. The van der Waals surface area contributed by atoms with E-state index in [9.17, 15) is 31.4 Å². The van der Waals surface area contributed by atoms with Gasteiger partial charge in [-0.3, -0.25) is 0 Å². The minimum atomic E-state index is -4.99. The molecular formula is C14H18ClF6NO. The molecule has 2 nitrogen and oxygen atoms in total. The number of rotatable bonds is 5. The average Bonchev–Trinajstić information content (AvgIpc) is 2.41. The molecule has 1 aromatic carbocycles. The quantitative estimate of drug-likeness (QED) is 0.743. The van der Waals surface area contributed by atoms with Crippen LogP contribution in [-0.4, -0.2) is 11.2 Å². The van der Waals surface area contributed by atoms with Gasteiger partial charge in [0.2, 0.25) is 0 Å². The van der Waals surface area contributed by atoms with E-state index in [0.29, 0.717) is 25.0 Å². The van der Waals surface area contributed by atoms with Crippen LogP contribution in [-0.2, 0) is 12.4 Å². The molecule has 0 fully saturated rings. The normalized spacial score (nSPS) is 15.0. The number of unbranched alkanes of at least 4 members (excludes halogenated alkanes) is 1. The summed E-state index contributed by atoms with van der Waals surface area (Å²) in [7, 11) is 0. The average molecular weight is 366 g/mol. The van der Waals surface area contributed by atoms with Gasteiger partial charge in [0.05, 0.1) is 23.3 Å². The van der Waals surface area contributed by atoms with Gasteiger partial charge < -0.3 is 10.8 Å². The van der Waals surface area contributed by atoms with Gasteiger partial charge in [0.25, 0.3) is 0 Å². The van der Waals surface area contributed by atoms with E-state index in [-0.39, 0.29) is 24.9 Å². The molecule has 0 unspecified atom stereocenters. The SMILES string of the molecule is CCCC[C@@H](O)[C@@H](N)c1ccc(C(F)(F)F)cc1C(F)(F)F.Cl. The van der Waals surface area contributed by atoms with Crippen molar-refractivity contribution in [2.45, 2.75) is 50.7 Å². The summed E-state index contributed by atoms with van der Waals surface area (Å²) in [6.45, 7) is 1.83. The lowest BCUT2D eigenvalue weighted by Crippen LogP contribution is -2.29. The smallest absolute Gasteiger partial charge is 0.391 e. The van der Waals surface area contributed by atoms with Gasteiger partial charge in [-0.25, -0.2) is 0 Å². The fourth-order valence-electron chi connectivity index (χ4n) is 2.07. The molecule has 0 spiro atoms. The van der Waals surface area contributed by atoms with E-state index in [2.05, 4.69) is 0 Å². The predicted molar refractivity (Wildman–Crippen MR) is 76.2 cm³/mol. The van der Waals surface area contributed by atoms with Crippen molar-refractivity contribution in [3.05, 3.63) is 34.9 Å². The third-order valence-corrected chi connectivity index (χ3v) is 3.31. The molecule has 3 N–H and O–H groups in total. The summed E-state index contributed by atoms with van der Waals surface area (Å²) < 4.78 is 76.7. The second-order valence-electron chi connectivity index (χ2n) is 5.03. The standard InChI is InChI=1S/C14H17F6NO.ClH/c1-2-3-4-11(22)12(21)9-6-5-8(13(15,16)17)7-10(9)14(18,19)20;/h5-7,11-12,22H,2-4,21H2,1H3;1H/t11-,12+;/m1./s1. The van der Waals surface area contributed by atoms with E-state index in [1.165, 1.54) is 0 Å². The molecule has 9 heteroatoms. The Kier molecular flexibility index (Phi) is 7.86. The molecule has 134 valence electrons. The Morgan fingerprint density at radius 3 is 2.09 bits per heavy atom. The summed E-state index contributed by atoms with van der Waals surface area (Å²) in [6.07, 6.45) is -9.68. The van der Waals surface area contributed by atoms with Gasteiger partial charge in [-0.1, -0.05) is 25.8 Å². The molecule has 1 aromatic rings. The van der Waals surface area contributed by atoms with Crippen LogP contribution in [0, 0.1) is 0 Å². The summed E-state index contributed by atoms with van der Waals surface area (Å²) in [6, 6.07) is -0.144. The molecule has 0 aromatic heterocycles. The Balaban J connectivity index is 0.00000484. The zero-order valence-corrected chi connectivity index (χ0v) is 13.0. The van der Waals surface area contributed by atoms with E-state index in [0.717, 1.165) is 0 Å². The van der Waals surface area contributed by atoms with Crippen molar-refractivity contribution in [3.8, 4) is 0 Å². The maximum absolute atomic E-state index is 13.0. The molecule has 1 rings (SSSR count). The number of aliphatic hydroxyl groups is 1. The largest absolute Gasteiger partial charge is 0.416 e. The number of halogens is 7. The summed E-state index contributed by atoms with van der Waals surface area (Å²) in [5.41, 5.74) is 2.20. The van der Waals surface area contributed by atoms with E-state index in [1.54, 1.807) is 0 Å². The van der Waals surface area contributed by atoms with Crippen LogP contribution >= 0.6 is 12.4 Å². The highest BCUT2D eigenvalue weighted by Crippen LogP contribution is 2.39. The van der Waals surface area contributed by atoms with Crippen molar-refractivity contribution in [1.29, 1.82) is 0 Å². The Morgan fingerprint density at radius 1 is 1.09 bits per heavy atom. The topological polar surface area (TPSA) is 46.2 Å².